The van der Waals surface area contributed by atoms with E-state index < -0.39 is 0 Å². The lowest BCUT2D eigenvalue weighted by Crippen LogP contribution is -2.37. The summed E-state index contributed by atoms with van der Waals surface area (Å²) in [4.78, 5) is 18.5. The number of nitrogens with zero attached hydrogens (tertiary/aromatic N) is 2. The number of ether oxygens (including phenoxy) is 2. The summed E-state index contributed by atoms with van der Waals surface area (Å²) in [6.07, 6.45) is 2.73. The molecular weight excluding hydrogens is 330 g/mol. The van der Waals surface area contributed by atoms with E-state index in [0.717, 1.165) is 25.1 Å². The maximum absolute atomic E-state index is 12.4. The molecule has 6 nitrogen and oxygen atoms in total. The molecule has 1 aromatic heterocycles. The highest BCUT2D eigenvalue weighted by molar-refractivity contribution is 5.74. The molecule has 2 aromatic rings. The zero-order valence-electron chi connectivity index (χ0n) is 15.1. The van der Waals surface area contributed by atoms with Crippen LogP contribution in [0.2, 0.25) is 0 Å². The van der Waals surface area contributed by atoms with E-state index in [2.05, 4.69) is 22.4 Å². The first-order valence-corrected chi connectivity index (χ1v) is 8.90. The summed E-state index contributed by atoms with van der Waals surface area (Å²) in [5.74, 6) is 0.981. The average molecular weight is 355 g/mol. The predicted octanol–water partition coefficient (Wildman–Crippen LogP) is 2.81. The molecule has 1 fully saturated rings. The number of benzene rings is 1. The van der Waals surface area contributed by atoms with E-state index >= 15 is 0 Å². The first-order chi connectivity index (χ1) is 12.8. The van der Waals surface area contributed by atoms with Gasteiger partial charge in [0, 0.05) is 44.9 Å². The van der Waals surface area contributed by atoms with Crippen LogP contribution in [0.15, 0.2) is 48.7 Å². The number of rotatable bonds is 7. The zero-order chi connectivity index (χ0) is 18.2. The van der Waals surface area contributed by atoms with Crippen LogP contribution < -0.4 is 10.1 Å². The molecule has 3 rings (SSSR count). The minimum atomic E-state index is -0.0242. The van der Waals surface area contributed by atoms with Crippen molar-refractivity contribution in [3.8, 4) is 5.88 Å². The Morgan fingerprint density at radius 3 is 2.81 bits per heavy atom. The van der Waals surface area contributed by atoms with Gasteiger partial charge in [-0.1, -0.05) is 36.4 Å². The van der Waals surface area contributed by atoms with Crippen molar-refractivity contribution in [1.82, 2.24) is 15.2 Å². The fourth-order valence-corrected chi connectivity index (χ4v) is 3.06. The Hall–Kier alpha value is -2.60. The summed E-state index contributed by atoms with van der Waals surface area (Å²) in [5, 5.41) is 2.97. The highest BCUT2D eigenvalue weighted by Crippen LogP contribution is 2.26. The number of amides is 2. The number of carbonyl (C=O) groups is 1. The van der Waals surface area contributed by atoms with Crippen molar-refractivity contribution >= 4 is 6.03 Å². The van der Waals surface area contributed by atoms with Crippen LogP contribution in [0.25, 0.3) is 0 Å². The molecule has 26 heavy (non-hydrogen) atoms. The monoisotopic (exact) mass is 355 g/mol. The number of pyridine rings is 1. The van der Waals surface area contributed by atoms with Gasteiger partial charge in [-0.3, -0.25) is 0 Å². The molecule has 0 bridgehead atoms. The standard InChI is InChI=1S/C20H25N3O3/c1-25-11-12-26-19-8-7-16(13-21-19)14-22-20(24)23-10-9-18(15-23)17-5-3-2-4-6-17/h2-8,13,18H,9-12,14-15H2,1H3,(H,22,24). The highest BCUT2D eigenvalue weighted by Gasteiger charge is 2.26. The molecular formula is C20H25N3O3. The van der Waals surface area contributed by atoms with Crippen molar-refractivity contribution in [2.45, 2.75) is 18.9 Å². The molecule has 0 aliphatic carbocycles. The Bertz CT molecular complexity index is 691. The number of aromatic nitrogens is 1. The first kappa shape index (κ1) is 18.2. The van der Waals surface area contributed by atoms with Crippen molar-refractivity contribution in [3.63, 3.8) is 0 Å². The molecule has 138 valence electrons. The Kier molecular flexibility index (Phi) is 6.44. The lowest BCUT2D eigenvalue weighted by atomic mass is 9.99. The van der Waals surface area contributed by atoms with Gasteiger partial charge in [0.15, 0.2) is 0 Å². The summed E-state index contributed by atoms with van der Waals surface area (Å²) >= 11 is 0. The van der Waals surface area contributed by atoms with E-state index in [1.165, 1.54) is 5.56 Å². The second kappa shape index (κ2) is 9.20. The molecule has 2 heterocycles. The van der Waals surface area contributed by atoms with Crippen LogP contribution in [0.3, 0.4) is 0 Å². The van der Waals surface area contributed by atoms with Crippen LogP contribution >= 0.6 is 0 Å². The zero-order valence-corrected chi connectivity index (χ0v) is 15.1. The number of urea groups is 1. The van der Waals surface area contributed by atoms with E-state index in [4.69, 9.17) is 9.47 Å². The van der Waals surface area contributed by atoms with E-state index in [-0.39, 0.29) is 6.03 Å². The van der Waals surface area contributed by atoms with Crippen molar-refractivity contribution in [1.29, 1.82) is 0 Å². The fourth-order valence-electron chi connectivity index (χ4n) is 3.06. The molecule has 2 amide bonds. The molecule has 0 radical (unpaired) electrons. The van der Waals surface area contributed by atoms with Gasteiger partial charge in [0.25, 0.3) is 0 Å². The third-order valence-electron chi connectivity index (χ3n) is 4.53. The summed E-state index contributed by atoms with van der Waals surface area (Å²) in [6, 6.07) is 14.1. The smallest absolute Gasteiger partial charge is 0.317 e. The minimum absolute atomic E-state index is 0.0242. The minimum Gasteiger partial charge on any atom is -0.475 e. The van der Waals surface area contributed by atoms with E-state index in [0.29, 0.717) is 31.6 Å². The fraction of sp³-hybridized carbons (Fsp3) is 0.400. The van der Waals surface area contributed by atoms with Crippen molar-refractivity contribution in [2.75, 3.05) is 33.4 Å². The van der Waals surface area contributed by atoms with Crippen molar-refractivity contribution in [3.05, 3.63) is 59.8 Å². The maximum Gasteiger partial charge on any atom is 0.317 e. The molecule has 1 unspecified atom stereocenters. The molecule has 0 spiro atoms. The van der Waals surface area contributed by atoms with Crippen molar-refractivity contribution in [2.24, 2.45) is 0 Å². The number of hydrogen-bond acceptors (Lipinski definition) is 4. The molecule has 1 saturated heterocycles. The molecule has 6 heteroatoms. The van der Waals surface area contributed by atoms with Crippen LogP contribution in [-0.4, -0.2) is 49.3 Å². The SMILES string of the molecule is COCCOc1ccc(CNC(=O)N2CCC(c3ccccc3)C2)cn1. The summed E-state index contributed by atoms with van der Waals surface area (Å²) in [5.41, 5.74) is 2.24. The molecule has 1 N–H and O–H groups in total. The predicted molar refractivity (Wildman–Crippen MR) is 99.2 cm³/mol. The van der Waals surface area contributed by atoms with Gasteiger partial charge in [-0.25, -0.2) is 9.78 Å². The third-order valence-corrected chi connectivity index (χ3v) is 4.53. The summed E-state index contributed by atoms with van der Waals surface area (Å²) < 4.78 is 10.4. The number of nitrogens with one attached hydrogen (secondary N) is 1. The van der Waals surface area contributed by atoms with Crippen molar-refractivity contribution < 1.29 is 14.3 Å². The molecule has 1 atom stereocenters. The number of likely N-dealkylation sites (tertiary alicyclic amines) is 1. The van der Waals surface area contributed by atoms with E-state index in [9.17, 15) is 4.79 Å². The Balaban J connectivity index is 1.44. The largest absolute Gasteiger partial charge is 0.475 e. The van der Waals surface area contributed by atoms with Gasteiger partial charge < -0.3 is 19.7 Å². The van der Waals surface area contributed by atoms with Gasteiger partial charge in [0.05, 0.1) is 6.61 Å². The summed E-state index contributed by atoms with van der Waals surface area (Å²) in [6.45, 7) is 3.00. The van der Waals surface area contributed by atoms with E-state index in [1.807, 2.05) is 29.2 Å². The van der Waals surface area contributed by atoms with Gasteiger partial charge in [0.2, 0.25) is 5.88 Å². The van der Waals surface area contributed by atoms with Crippen LogP contribution in [0.1, 0.15) is 23.5 Å². The average Bonchev–Trinajstić information content (AvgIpc) is 3.18. The van der Waals surface area contributed by atoms with Gasteiger partial charge >= 0.3 is 6.03 Å². The lowest BCUT2D eigenvalue weighted by Gasteiger charge is -2.17. The van der Waals surface area contributed by atoms with Crippen LogP contribution in [0.4, 0.5) is 4.79 Å². The number of carbonyl (C=O) groups excluding carboxylic acids is 1. The van der Waals surface area contributed by atoms with Crippen LogP contribution in [0.5, 0.6) is 5.88 Å². The quantitative estimate of drug-likeness (QED) is 0.776. The van der Waals surface area contributed by atoms with E-state index in [1.54, 1.807) is 19.4 Å². The van der Waals surface area contributed by atoms with Gasteiger partial charge in [-0.05, 0) is 17.5 Å². The highest BCUT2D eigenvalue weighted by atomic mass is 16.5. The van der Waals surface area contributed by atoms with Gasteiger partial charge in [-0.15, -0.1) is 0 Å². The second-order valence-electron chi connectivity index (χ2n) is 6.35. The number of hydrogen-bond donors (Lipinski definition) is 1. The Labute approximate surface area is 154 Å². The molecule has 1 aliphatic rings. The normalized spacial score (nSPS) is 16.5. The Morgan fingerprint density at radius 1 is 1.23 bits per heavy atom. The van der Waals surface area contributed by atoms with Gasteiger partial charge in [-0.2, -0.15) is 0 Å². The summed E-state index contributed by atoms with van der Waals surface area (Å²) in [7, 11) is 1.63. The lowest BCUT2D eigenvalue weighted by molar-refractivity contribution is 0.143. The van der Waals surface area contributed by atoms with Crippen LogP contribution in [-0.2, 0) is 11.3 Å². The molecule has 1 aliphatic heterocycles. The molecule has 0 saturated carbocycles. The van der Waals surface area contributed by atoms with Gasteiger partial charge in [0.1, 0.15) is 6.61 Å². The topological polar surface area (TPSA) is 63.7 Å². The number of methoxy groups -OCH3 is 1. The first-order valence-electron chi connectivity index (χ1n) is 8.90. The second-order valence-corrected chi connectivity index (χ2v) is 6.35. The molecule has 1 aromatic carbocycles. The maximum atomic E-state index is 12.4. The Morgan fingerprint density at radius 2 is 2.08 bits per heavy atom. The van der Waals surface area contributed by atoms with Crippen LogP contribution in [0, 0.1) is 0 Å². The third kappa shape index (κ3) is 4.95.